The van der Waals surface area contributed by atoms with Crippen LogP contribution < -0.4 is 10.6 Å². The number of carbonyl (C=O) groups excluding carboxylic acids is 2. The Morgan fingerprint density at radius 2 is 1.71 bits per heavy atom. The normalized spacial score (nSPS) is 12.8. The fraction of sp³-hybridized carbons (Fsp3) is 0.600. The van der Waals surface area contributed by atoms with Crippen LogP contribution in [0.5, 0.6) is 0 Å². The van der Waals surface area contributed by atoms with Gasteiger partial charge in [0.05, 0.1) is 4.90 Å². The number of amides is 2. The van der Waals surface area contributed by atoms with Gasteiger partial charge in [-0.05, 0) is 30.9 Å². The van der Waals surface area contributed by atoms with Crippen LogP contribution >= 0.6 is 0 Å². The summed E-state index contributed by atoms with van der Waals surface area (Å²) >= 11 is 0. The molecule has 8 heteroatoms. The van der Waals surface area contributed by atoms with E-state index in [0.29, 0.717) is 32.0 Å². The molecule has 0 bridgehead atoms. The van der Waals surface area contributed by atoms with Crippen molar-refractivity contribution in [1.82, 2.24) is 14.9 Å². The first-order valence-corrected chi connectivity index (χ1v) is 11.2. The third-order valence-electron chi connectivity index (χ3n) is 4.44. The van der Waals surface area contributed by atoms with Crippen molar-refractivity contribution in [2.24, 2.45) is 11.8 Å². The van der Waals surface area contributed by atoms with Gasteiger partial charge in [0, 0.05) is 39.0 Å². The first-order valence-electron chi connectivity index (χ1n) is 9.72. The smallest absolute Gasteiger partial charge is 0.243 e. The third-order valence-corrected chi connectivity index (χ3v) is 6.35. The van der Waals surface area contributed by atoms with E-state index >= 15 is 0 Å². The van der Waals surface area contributed by atoms with E-state index in [1.165, 1.54) is 11.4 Å². The van der Waals surface area contributed by atoms with E-state index in [1.807, 2.05) is 0 Å². The molecular formula is C20H33N3O4S. The molecule has 0 aliphatic carbocycles. The molecule has 0 radical (unpaired) electrons. The lowest BCUT2D eigenvalue weighted by atomic mass is 10.1. The summed E-state index contributed by atoms with van der Waals surface area (Å²) in [5.41, 5.74) is 0. The molecular weight excluding hydrogens is 378 g/mol. The zero-order valence-electron chi connectivity index (χ0n) is 17.3. The largest absolute Gasteiger partial charge is 0.359 e. The molecule has 1 rings (SSSR count). The molecule has 0 saturated heterocycles. The van der Waals surface area contributed by atoms with Crippen molar-refractivity contribution in [1.29, 1.82) is 0 Å². The molecule has 0 aliphatic heterocycles. The topological polar surface area (TPSA) is 95.6 Å². The minimum absolute atomic E-state index is 0.130. The summed E-state index contributed by atoms with van der Waals surface area (Å²) in [4.78, 5) is 23.7. The molecule has 0 saturated carbocycles. The highest BCUT2D eigenvalue weighted by atomic mass is 32.2. The van der Waals surface area contributed by atoms with Gasteiger partial charge in [-0.2, -0.15) is 4.31 Å². The summed E-state index contributed by atoms with van der Waals surface area (Å²) in [5.74, 6) is -0.427. The van der Waals surface area contributed by atoms with Gasteiger partial charge in [-0.3, -0.25) is 9.59 Å². The van der Waals surface area contributed by atoms with Crippen LogP contribution in [0.1, 0.15) is 40.0 Å². The van der Waals surface area contributed by atoms with Gasteiger partial charge in [-0.25, -0.2) is 8.42 Å². The van der Waals surface area contributed by atoms with E-state index in [0.717, 1.165) is 6.42 Å². The monoisotopic (exact) mass is 411 g/mol. The maximum atomic E-state index is 12.9. The van der Waals surface area contributed by atoms with Gasteiger partial charge in [-0.15, -0.1) is 0 Å². The van der Waals surface area contributed by atoms with Crippen molar-refractivity contribution in [2.45, 2.75) is 44.9 Å². The van der Waals surface area contributed by atoms with Gasteiger partial charge in [0.25, 0.3) is 0 Å². The summed E-state index contributed by atoms with van der Waals surface area (Å²) < 4.78 is 27.3. The summed E-state index contributed by atoms with van der Waals surface area (Å²) in [6, 6.07) is 8.40. The quantitative estimate of drug-likeness (QED) is 0.514. The van der Waals surface area contributed by atoms with Crippen LogP contribution in [0.25, 0.3) is 0 Å². The molecule has 2 amide bonds. The van der Waals surface area contributed by atoms with Crippen LogP contribution in [-0.4, -0.2) is 51.2 Å². The van der Waals surface area contributed by atoms with Crippen LogP contribution in [-0.2, 0) is 19.6 Å². The lowest BCUT2D eigenvalue weighted by Crippen LogP contribution is -2.37. The molecule has 1 aromatic rings. The Hall–Kier alpha value is -1.93. The van der Waals surface area contributed by atoms with Gasteiger partial charge >= 0.3 is 0 Å². The van der Waals surface area contributed by atoms with E-state index in [9.17, 15) is 18.0 Å². The molecule has 0 unspecified atom stereocenters. The van der Waals surface area contributed by atoms with E-state index in [4.69, 9.17) is 0 Å². The number of carbonyl (C=O) groups is 2. The second-order valence-corrected chi connectivity index (χ2v) is 9.26. The minimum Gasteiger partial charge on any atom is -0.359 e. The second kappa shape index (κ2) is 11.8. The predicted octanol–water partition coefficient (Wildman–Crippen LogP) is 2.00. The fourth-order valence-corrected chi connectivity index (χ4v) is 4.12. The predicted molar refractivity (Wildman–Crippen MR) is 110 cm³/mol. The van der Waals surface area contributed by atoms with Crippen molar-refractivity contribution in [3.8, 4) is 0 Å². The van der Waals surface area contributed by atoms with E-state index in [1.54, 1.807) is 37.3 Å². The van der Waals surface area contributed by atoms with E-state index in [2.05, 4.69) is 24.5 Å². The zero-order chi connectivity index (χ0) is 21.2. The standard InChI is InChI=1S/C20H33N3O4S/c1-16(2)11-14-23(28(26,27)18-9-6-5-7-10-18)13-8-12-22-20(25)17(3)15-19(24)21-4/h5-7,9-10,16-17H,8,11-15H2,1-4H3,(H,21,24)(H,22,25)/t17-/m0/s1. The Kier molecular flexibility index (Phi) is 10.2. The highest BCUT2D eigenvalue weighted by Gasteiger charge is 2.24. The Morgan fingerprint density at radius 1 is 1.07 bits per heavy atom. The Bertz CT molecular complexity index is 720. The summed E-state index contributed by atoms with van der Waals surface area (Å²) in [5, 5.41) is 5.28. The lowest BCUT2D eigenvalue weighted by Gasteiger charge is -2.23. The van der Waals surface area contributed by atoms with Gasteiger partial charge in [-0.1, -0.05) is 39.0 Å². The molecule has 0 spiro atoms. The van der Waals surface area contributed by atoms with Crippen molar-refractivity contribution >= 4 is 21.8 Å². The molecule has 1 aromatic carbocycles. The fourth-order valence-electron chi connectivity index (χ4n) is 2.61. The van der Waals surface area contributed by atoms with Gasteiger partial charge in [0.2, 0.25) is 21.8 Å². The number of nitrogens with one attached hydrogen (secondary N) is 2. The van der Waals surface area contributed by atoms with Gasteiger partial charge in [0.15, 0.2) is 0 Å². The van der Waals surface area contributed by atoms with Crippen LogP contribution in [0.2, 0.25) is 0 Å². The molecule has 28 heavy (non-hydrogen) atoms. The molecule has 2 N–H and O–H groups in total. The first-order chi connectivity index (χ1) is 13.2. The molecule has 158 valence electrons. The van der Waals surface area contributed by atoms with Crippen LogP contribution in [0.15, 0.2) is 35.2 Å². The molecule has 0 aromatic heterocycles. The van der Waals surface area contributed by atoms with Crippen LogP contribution in [0, 0.1) is 11.8 Å². The molecule has 1 atom stereocenters. The van der Waals surface area contributed by atoms with Crippen LogP contribution in [0.4, 0.5) is 0 Å². The summed E-state index contributed by atoms with van der Waals surface area (Å²) in [6.45, 7) is 6.94. The maximum absolute atomic E-state index is 12.9. The van der Waals surface area contributed by atoms with E-state index in [-0.39, 0.29) is 23.1 Å². The SMILES string of the molecule is CNC(=O)C[C@H](C)C(=O)NCCCN(CCC(C)C)S(=O)(=O)c1ccccc1. The molecule has 0 fully saturated rings. The Balaban J connectivity index is 2.63. The number of hydrogen-bond acceptors (Lipinski definition) is 4. The third kappa shape index (κ3) is 7.98. The zero-order valence-corrected chi connectivity index (χ0v) is 18.1. The number of hydrogen-bond donors (Lipinski definition) is 2. The number of rotatable bonds is 12. The minimum atomic E-state index is -3.57. The Morgan fingerprint density at radius 3 is 2.29 bits per heavy atom. The maximum Gasteiger partial charge on any atom is 0.243 e. The Labute approximate surface area is 168 Å². The van der Waals surface area contributed by atoms with E-state index < -0.39 is 15.9 Å². The number of sulfonamides is 1. The first kappa shape index (κ1) is 24.1. The molecule has 7 nitrogen and oxygen atoms in total. The lowest BCUT2D eigenvalue weighted by molar-refractivity contribution is -0.129. The second-order valence-electron chi connectivity index (χ2n) is 7.32. The van der Waals surface area contributed by atoms with Crippen molar-refractivity contribution in [3.63, 3.8) is 0 Å². The average molecular weight is 412 g/mol. The van der Waals surface area contributed by atoms with Crippen molar-refractivity contribution in [2.75, 3.05) is 26.7 Å². The van der Waals surface area contributed by atoms with Gasteiger partial charge in [0.1, 0.15) is 0 Å². The summed E-state index contributed by atoms with van der Waals surface area (Å²) in [6.07, 6.45) is 1.40. The number of nitrogens with zero attached hydrogens (tertiary/aromatic N) is 1. The highest BCUT2D eigenvalue weighted by Crippen LogP contribution is 2.17. The highest BCUT2D eigenvalue weighted by molar-refractivity contribution is 7.89. The average Bonchev–Trinajstić information content (AvgIpc) is 2.67. The molecule has 0 aliphatic rings. The van der Waals surface area contributed by atoms with Crippen molar-refractivity contribution < 1.29 is 18.0 Å². The summed E-state index contributed by atoms with van der Waals surface area (Å²) in [7, 11) is -2.03. The van der Waals surface area contributed by atoms with Crippen LogP contribution in [0.3, 0.4) is 0 Å². The number of benzene rings is 1. The van der Waals surface area contributed by atoms with Gasteiger partial charge < -0.3 is 10.6 Å². The van der Waals surface area contributed by atoms with Crippen molar-refractivity contribution in [3.05, 3.63) is 30.3 Å². The molecule has 0 heterocycles.